The first-order valence-electron chi connectivity index (χ1n) is 13.5. The highest BCUT2D eigenvalue weighted by molar-refractivity contribution is 6.07. The van der Waals surface area contributed by atoms with Gasteiger partial charge in [-0.1, -0.05) is 35.4 Å². The summed E-state index contributed by atoms with van der Waals surface area (Å²) in [5, 5.41) is 4.45. The molecule has 0 bridgehead atoms. The van der Waals surface area contributed by atoms with E-state index < -0.39 is 0 Å². The maximum absolute atomic E-state index is 13.4. The molecule has 8 nitrogen and oxygen atoms in total. The van der Waals surface area contributed by atoms with Crippen molar-refractivity contribution in [2.75, 3.05) is 43.4 Å². The number of piperazine rings is 1. The predicted molar refractivity (Wildman–Crippen MR) is 150 cm³/mol. The lowest BCUT2D eigenvalue weighted by Crippen LogP contribution is -2.48. The molecule has 2 N–H and O–H groups in total. The zero-order chi connectivity index (χ0) is 27.0. The first kappa shape index (κ1) is 26.0. The molecule has 1 aromatic heterocycles. The molecular weight excluding hydrogens is 476 g/mol. The molecule has 0 atom stereocenters. The largest absolute Gasteiger partial charge is 0.382 e. The van der Waals surface area contributed by atoms with E-state index in [0.29, 0.717) is 50.5 Å². The van der Waals surface area contributed by atoms with E-state index in [1.165, 1.54) is 22.3 Å². The van der Waals surface area contributed by atoms with Crippen LogP contribution in [0.25, 0.3) is 0 Å². The van der Waals surface area contributed by atoms with E-state index in [9.17, 15) is 9.59 Å². The highest BCUT2D eigenvalue weighted by Gasteiger charge is 2.32. The number of anilines is 2. The molecule has 0 radical (unpaired) electrons. The van der Waals surface area contributed by atoms with E-state index in [-0.39, 0.29) is 11.8 Å². The van der Waals surface area contributed by atoms with Gasteiger partial charge in [-0.15, -0.1) is 0 Å². The number of amides is 2. The van der Waals surface area contributed by atoms with Crippen LogP contribution in [-0.2, 0) is 24.3 Å². The number of nitrogen functional groups attached to an aromatic ring is 1. The Kier molecular flexibility index (Phi) is 7.25. The van der Waals surface area contributed by atoms with E-state index in [4.69, 9.17) is 5.73 Å². The molecule has 1 fully saturated rings. The van der Waals surface area contributed by atoms with E-state index in [1.807, 2.05) is 36.1 Å². The molecule has 3 heterocycles. The summed E-state index contributed by atoms with van der Waals surface area (Å²) in [5.41, 5.74) is 14.8. The summed E-state index contributed by atoms with van der Waals surface area (Å²) < 4.78 is 1.64. The van der Waals surface area contributed by atoms with Crippen molar-refractivity contribution in [2.45, 2.75) is 53.6 Å². The lowest BCUT2D eigenvalue weighted by atomic mass is 9.99. The highest BCUT2D eigenvalue weighted by Crippen LogP contribution is 2.28. The van der Waals surface area contributed by atoms with Gasteiger partial charge in [0.2, 0.25) is 5.91 Å². The Morgan fingerprint density at radius 2 is 1.58 bits per heavy atom. The van der Waals surface area contributed by atoms with Crippen LogP contribution in [0.4, 0.5) is 11.5 Å². The second kappa shape index (κ2) is 10.6. The van der Waals surface area contributed by atoms with Crippen molar-refractivity contribution in [1.82, 2.24) is 19.6 Å². The summed E-state index contributed by atoms with van der Waals surface area (Å²) in [6.45, 7) is 13.5. The Balaban J connectivity index is 1.19. The van der Waals surface area contributed by atoms with Crippen molar-refractivity contribution < 1.29 is 9.59 Å². The van der Waals surface area contributed by atoms with Crippen molar-refractivity contribution in [3.63, 3.8) is 0 Å². The molecule has 0 aliphatic carbocycles. The van der Waals surface area contributed by atoms with E-state index in [2.05, 4.69) is 42.9 Å². The summed E-state index contributed by atoms with van der Waals surface area (Å²) in [7, 11) is 0. The van der Waals surface area contributed by atoms with Crippen LogP contribution >= 0.6 is 0 Å². The number of carbonyl (C=O) groups is 2. The number of nitrogens with two attached hydrogens (primary N) is 1. The van der Waals surface area contributed by atoms with Gasteiger partial charge in [0.15, 0.2) is 0 Å². The van der Waals surface area contributed by atoms with Crippen molar-refractivity contribution in [3.05, 3.63) is 75.5 Å². The van der Waals surface area contributed by atoms with E-state index in [1.54, 1.807) is 9.58 Å². The molecule has 2 aliphatic heterocycles. The van der Waals surface area contributed by atoms with E-state index >= 15 is 0 Å². The van der Waals surface area contributed by atoms with Crippen molar-refractivity contribution in [1.29, 1.82) is 0 Å². The average Bonchev–Trinajstić information content (AvgIpc) is 3.22. The first-order chi connectivity index (χ1) is 18.2. The minimum atomic E-state index is -0.109. The second-order valence-electron chi connectivity index (χ2n) is 10.8. The molecule has 38 heavy (non-hydrogen) atoms. The Morgan fingerprint density at radius 1 is 0.921 bits per heavy atom. The molecule has 8 heteroatoms. The minimum absolute atomic E-state index is 0.0915. The van der Waals surface area contributed by atoms with Gasteiger partial charge in [0, 0.05) is 56.9 Å². The standard InChI is InChI=1S/C30H38N6O2/c1-20-5-7-24(8-6-20)35-11-9-25-28(30(35)38)36(32-29(25)31)12-10-27(37)34-15-13-33(14-16-34)19-26-22(3)17-21(2)18-23(26)4/h5-8,17-18H,9-16,19H2,1-4H3,(H2,31,32). The van der Waals surface area contributed by atoms with Crippen LogP contribution < -0.4 is 10.6 Å². The average molecular weight is 515 g/mol. The zero-order valence-electron chi connectivity index (χ0n) is 23.0. The lowest BCUT2D eigenvalue weighted by molar-refractivity contribution is -0.133. The van der Waals surface area contributed by atoms with Crippen LogP contribution in [0.5, 0.6) is 0 Å². The van der Waals surface area contributed by atoms with Gasteiger partial charge in [-0.2, -0.15) is 5.10 Å². The molecule has 2 amide bonds. The van der Waals surface area contributed by atoms with Crippen LogP contribution in [0.2, 0.25) is 0 Å². The Morgan fingerprint density at radius 3 is 2.24 bits per heavy atom. The highest BCUT2D eigenvalue weighted by atomic mass is 16.2. The Hall–Kier alpha value is -3.65. The molecule has 5 rings (SSSR count). The number of carbonyl (C=O) groups excluding carboxylic acids is 2. The number of rotatable bonds is 6. The maximum atomic E-state index is 13.4. The number of aromatic nitrogens is 2. The van der Waals surface area contributed by atoms with Crippen LogP contribution in [-0.4, -0.2) is 64.1 Å². The van der Waals surface area contributed by atoms with Gasteiger partial charge >= 0.3 is 0 Å². The number of fused-ring (bicyclic) bond motifs is 1. The molecular formula is C30H38N6O2. The molecule has 2 aromatic carbocycles. The van der Waals surface area contributed by atoms with Crippen LogP contribution in [0, 0.1) is 27.7 Å². The molecule has 2 aliphatic rings. The molecule has 0 spiro atoms. The summed E-state index contributed by atoms with van der Waals surface area (Å²) in [6.07, 6.45) is 0.943. The van der Waals surface area contributed by atoms with Crippen LogP contribution in [0.3, 0.4) is 0 Å². The second-order valence-corrected chi connectivity index (χ2v) is 10.8. The molecule has 200 valence electrons. The van der Waals surface area contributed by atoms with Gasteiger partial charge < -0.3 is 15.5 Å². The number of nitrogens with zero attached hydrogens (tertiary/aromatic N) is 5. The monoisotopic (exact) mass is 514 g/mol. The predicted octanol–water partition coefficient (Wildman–Crippen LogP) is 3.64. The lowest BCUT2D eigenvalue weighted by Gasteiger charge is -2.35. The zero-order valence-corrected chi connectivity index (χ0v) is 23.0. The van der Waals surface area contributed by atoms with Gasteiger partial charge in [0.25, 0.3) is 5.91 Å². The molecule has 0 saturated carbocycles. The minimum Gasteiger partial charge on any atom is -0.382 e. The fourth-order valence-corrected chi connectivity index (χ4v) is 5.79. The van der Waals surface area contributed by atoms with Crippen molar-refractivity contribution in [3.8, 4) is 0 Å². The quantitative estimate of drug-likeness (QED) is 0.543. The number of aryl methyl sites for hydroxylation is 5. The third-order valence-electron chi connectivity index (χ3n) is 7.94. The molecule has 0 unspecified atom stereocenters. The topological polar surface area (TPSA) is 87.7 Å². The number of benzene rings is 2. The summed E-state index contributed by atoms with van der Waals surface area (Å²) >= 11 is 0. The van der Waals surface area contributed by atoms with Gasteiger partial charge in [0.1, 0.15) is 11.5 Å². The SMILES string of the molecule is Cc1ccc(N2CCc3c(N)nn(CCC(=O)N4CCN(Cc5c(C)cc(C)cc5C)CC4)c3C2=O)cc1. The fourth-order valence-electron chi connectivity index (χ4n) is 5.79. The third-order valence-corrected chi connectivity index (χ3v) is 7.94. The molecule has 1 saturated heterocycles. The normalized spacial score (nSPS) is 16.2. The Bertz CT molecular complexity index is 1330. The number of hydrogen-bond donors (Lipinski definition) is 1. The molecule has 3 aromatic rings. The fraction of sp³-hybridized carbons (Fsp3) is 0.433. The maximum Gasteiger partial charge on any atom is 0.276 e. The summed E-state index contributed by atoms with van der Waals surface area (Å²) in [5.74, 6) is 0.371. The van der Waals surface area contributed by atoms with Gasteiger partial charge in [-0.25, -0.2) is 0 Å². The summed E-state index contributed by atoms with van der Waals surface area (Å²) in [6, 6.07) is 12.4. The van der Waals surface area contributed by atoms with Crippen molar-refractivity contribution in [2.24, 2.45) is 0 Å². The van der Waals surface area contributed by atoms with Crippen molar-refractivity contribution >= 4 is 23.3 Å². The van der Waals surface area contributed by atoms with E-state index in [0.717, 1.165) is 36.4 Å². The van der Waals surface area contributed by atoms with Gasteiger partial charge in [-0.3, -0.25) is 19.2 Å². The van der Waals surface area contributed by atoms with Gasteiger partial charge in [0.05, 0.1) is 6.54 Å². The van der Waals surface area contributed by atoms with Crippen LogP contribution in [0.15, 0.2) is 36.4 Å². The Labute approximate surface area is 225 Å². The smallest absolute Gasteiger partial charge is 0.276 e. The summed E-state index contributed by atoms with van der Waals surface area (Å²) in [4.78, 5) is 32.7. The van der Waals surface area contributed by atoms with Gasteiger partial charge in [-0.05, 0) is 62.9 Å². The number of hydrogen-bond acceptors (Lipinski definition) is 5. The first-order valence-corrected chi connectivity index (χ1v) is 13.5. The van der Waals surface area contributed by atoms with Crippen LogP contribution in [0.1, 0.15) is 50.3 Å². The third kappa shape index (κ3) is 5.18.